The van der Waals surface area contributed by atoms with Crippen LogP contribution in [0.3, 0.4) is 0 Å². The molecule has 0 spiro atoms. The van der Waals surface area contributed by atoms with Crippen LogP contribution >= 0.6 is 0 Å². The monoisotopic (exact) mass is 223 g/mol. The third-order valence-electron chi connectivity index (χ3n) is 2.20. The Kier molecular flexibility index (Phi) is 4.02. The van der Waals surface area contributed by atoms with Crippen LogP contribution in [0.25, 0.3) is 0 Å². The molecule has 0 saturated carbocycles. The second-order valence-corrected chi connectivity index (χ2v) is 3.28. The average Bonchev–Trinajstić information content (AvgIpc) is 2.28. The molecule has 1 aromatic carbocycles. The first-order chi connectivity index (χ1) is 7.56. The van der Waals surface area contributed by atoms with Crippen molar-refractivity contribution in [2.75, 3.05) is 7.11 Å². The number of rotatable bonds is 4. The summed E-state index contributed by atoms with van der Waals surface area (Å²) in [5, 5.41) is 8.93. The fourth-order valence-electron chi connectivity index (χ4n) is 1.39. The number of hydrogen-bond acceptors (Lipinski definition) is 4. The van der Waals surface area contributed by atoms with Crippen LogP contribution in [0.5, 0.6) is 0 Å². The van der Waals surface area contributed by atoms with E-state index in [-0.39, 0.29) is 12.0 Å². The van der Waals surface area contributed by atoms with Crippen LogP contribution in [0.2, 0.25) is 0 Å². The lowest BCUT2D eigenvalue weighted by Crippen LogP contribution is -2.19. The number of ether oxygens (including phenoxy) is 1. The normalized spacial score (nSPS) is 11.9. The summed E-state index contributed by atoms with van der Waals surface area (Å²) < 4.78 is 4.48. The summed E-state index contributed by atoms with van der Waals surface area (Å²) in [6, 6.07) is 5.67. The van der Waals surface area contributed by atoms with Gasteiger partial charge in [-0.1, -0.05) is 18.2 Å². The summed E-state index contributed by atoms with van der Waals surface area (Å²) in [5.74, 6) is -1.52. The number of carbonyl (C=O) groups is 2. The maximum atomic E-state index is 11.0. The lowest BCUT2D eigenvalue weighted by Gasteiger charge is -2.12. The maximum absolute atomic E-state index is 11.0. The molecule has 16 heavy (non-hydrogen) atoms. The first kappa shape index (κ1) is 12.2. The van der Waals surface area contributed by atoms with Gasteiger partial charge in [0.25, 0.3) is 0 Å². The molecule has 0 bridgehead atoms. The molecule has 0 aliphatic carbocycles. The fraction of sp³-hybridized carbons (Fsp3) is 0.273. The highest BCUT2D eigenvalue weighted by atomic mass is 16.5. The molecule has 0 saturated heterocycles. The van der Waals surface area contributed by atoms with Gasteiger partial charge in [-0.2, -0.15) is 0 Å². The van der Waals surface area contributed by atoms with E-state index in [0.717, 1.165) is 0 Å². The van der Waals surface area contributed by atoms with E-state index in [0.29, 0.717) is 5.56 Å². The van der Waals surface area contributed by atoms with Gasteiger partial charge in [-0.3, -0.25) is 4.79 Å². The number of nitrogens with two attached hydrogens (primary N) is 1. The molecular formula is C11H13NO4. The molecule has 0 aliphatic rings. The Labute approximate surface area is 92.8 Å². The van der Waals surface area contributed by atoms with E-state index in [4.69, 9.17) is 10.8 Å². The van der Waals surface area contributed by atoms with Crippen LogP contribution < -0.4 is 5.73 Å². The molecule has 0 aromatic heterocycles. The lowest BCUT2D eigenvalue weighted by atomic mass is 9.99. The largest absolute Gasteiger partial charge is 0.478 e. The summed E-state index contributed by atoms with van der Waals surface area (Å²) >= 11 is 0. The van der Waals surface area contributed by atoms with Crippen molar-refractivity contribution in [2.45, 2.75) is 12.5 Å². The standard InChI is InChI=1S/C11H13NO4/c1-16-10(13)6-9(12)7-4-2-3-5-8(7)11(14)15/h2-5,9H,6,12H2,1H3,(H,14,15)/t9-/m1/s1. The number of esters is 1. The summed E-state index contributed by atoms with van der Waals surface area (Å²) in [7, 11) is 1.26. The molecule has 1 rings (SSSR count). The Morgan fingerprint density at radius 2 is 2.06 bits per heavy atom. The van der Waals surface area contributed by atoms with Gasteiger partial charge in [0.15, 0.2) is 0 Å². The molecule has 0 radical (unpaired) electrons. The molecule has 3 N–H and O–H groups in total. The van der Waals surface area contributed by atoms with Crippen LogP contribution in [-0.4, -0.2) is 24.2 Å². The van der Waals surface area contributed by atoms with Crippen LogP contribution in [-0.2, 0) is 9.53 Å². The average molecular weight is 223 g/mol. The molecule has 0 amide bonds. The molecule has 0 aliphatic heterocycles. The van der Waals surface area contributed by atoms with E-state index in [1.807, 2.05) is 0 Å². The smallest absolute Gasteiger partial charge is 0.336 e. The Morgan fingerprint density at radius 1 is 1.44 bits per heavy atom. The van der Waals surface area contributed by atoms with Gasteiger partial charge in [0.05, 0.1) is 19.1 Å². The Bertz CT molecular complexity index is 403. The number of carboxylic acids is 1. The van der Waals surface area contributed by atoms with E-state index in [1.54, 1.807) is 18.2 Å². The summed E-state index contributed by atoms with van der Waals surface area (Å²) in [6.07, 6.45) is -0.0409. The number of hydrogen-bond donors (Lipinski definition) is 2. The Hall–Kier alpha value is -1.88. The predicted molar refractivity (Wildman–Crippen MR) is 57.0 cm³/mol. The fourth-order valence-corrected chi connectivity index (χ4v) is 1.39. The number of carboxylic acid groups (broad SMARTS) is 1. The molecule has 0 unspecified atom stereocenters. The molecule has 5 nitrogen and oxygen atoms in total. The van der Waals surface area contributed by atoms with Crippen LogP contribution in [0.4, 0.5) is 0 Å². The topological polar surface area (TPSA) is 89.6 Å². The minimum Gasteiger partial charge on any atom is -0.478 e. The predicted octanol–water partition coefficient (Wildman–Crippen LogP) is 0.948. The van der Waals surface area contributed by atoms with Crippen molar-refractivity contribution in [3.8, 4) is 0 Å². The van der Waals surface area contributed by atoms with Crippen molar-refractivity contribution in [1.29, 1.82) is 0 Å². The third kappa shape index (κ3) is 2.80. The van der Waals surface area contributed by atoms with Crippen molar-refractivity contribution in [1.82, 2.24) is 0 Å². The number of carbonyl (C=O) groups excluding carboxylic acids is 1. The molecule has 86 valence electrons. The van der Waals surface area contributed by atoms with Gasteiger partial charge in [-0.25, -0.2) is 4.79 Å². The Morgan fingerprint density at radius 3 is 2.62 bits per heavy atom. The van der Waals surface area contributed by atoms with Gasteiger partial charge < -0.3 is 15.6 Å². The molecular weight excluding hydrogens is 210 g/mol. The van der Waals surface area contributed by atoms with Gasteiger partial charge in [-0.15, -0.1) is 0 Å². The van der Waals surface area contributed by atoms with Crippen LogP contribution in [0.15, 0.2) is 24.3 Å². The number of aromatic carboxylic acids is 1. The minimum absolute atomic E-state index is 0.0409. The Balaban J connectivity index is 2.94. The van der Waals surface area contributed by atoms with Gasteiger partial charge >= 0.3 is 11.9 Å². The highest BCUT2D eigenvalue weighted by Crippen LogP contribution is 2.19. The number of benzene rings is 1. The van der Waals surface area contributed by atoms with Crippen LogP contribution in [0, 0.1) is 0 Å². The van der Waals surface area contributed by atoms with Gasteiger partial charge in [0.1, 0.15) is 0 Å². The van der Waals surface area contributed by atoms with E-state index < -0.39 is 18.0 Å². The van der Waals surface area contributed by atoms with Crippen LogP contribution in [0.1, 0.15) is 28.4 Å². The quantitative estimate of drug-likeness (QED) is 0.741. The second-order valence-electron chi connectivity index (χ2n) is 3.28. The third-order valence-corrected chi connectivity index (χ3v) is 2.20. The summed E-state index contributed by atoms with van der Waals surface area (Å²) in [5.41, 5.74) is 6.29. The first-order valence-corrected chi connectivity index (χ1v) is 4.71. The zero-order valence-electron chi connectivity index (χ0n) is 8.84. The molecule has 5 heteroatoms. The zero-order chi connectivity index (χ0) is 12.1. The molecule has 1 atom stereocenters. The van der Waals surface area contributed by atoms with E-state index in [1.165, 1.54) is 13.2 Å². The highest BCUT2D eigenvalue weighted by molar-refractivity contribution is 5.89. The van der Waals surface area contributed by atoms with Gasteiger partial charge in [0.2, 0.25) is 0 Å². The molecule has 1 aromatic rings. The summed E-state index contributed by atoms with van der Waals surface area (Å²) in [6.45, 7) is 0. The van der Waals surface area contributed by atoms with Crippen molar-refractivity contribution in [2.24, 2.45) is 5.73 Å². The van der Waals surface area contributed by atoms with Gasteiger partial charge in [-0.05, 0) is 11.6 Å². The van der Waals surface area contributed by atoms with Crippen molar-refractivity contribution in [3.63, 3.8) is 0 Å². The van der Waals surface area contributed by atoms with Crippen molar-refractivity contribution < 1.29 is 19.4 Å². The van der Waals surface area contributed by atoms with Crippen molar-refractivity contribution in [3.05, 3.63) is 35.4 Å². The summed E-state index contributed by atoms with van der Waals surface area (Å²) in [4.78, 5) is 21.9. The highest BCUT2D eigenvalue weighted by Gasteiger charge is 2.18. The minimum atomic E-state index is -1.06. The maximum Gasteiger partial charge on any atom is 0.336 e. The van der Waals surface area contributed by atoms with E-state index >= 15 is 0 Å². The van der Waals surface area contributed by atoms with Gasteiger partial charge in [0, 0.05) is 6.04 Å². The van der Waals surface area contributed by atoms with Crippen molar-refractivity contribution >= 4 is 11.9 Å². The molecule has 0 heterocycles. The lowest BCUT2D eigenvalue weighted by molar-refractivity contribution is -0.141. The number of methoxy groups -OCH3 is 1. The molecule has 0 fully saturated rings. The SMILES string of the molecule is COC(=O)C[C@@H](N)c1ccccc1C(=O)O. The van der Waals surface area contributed by atoms with E-state index in [9.17, 15) is 9.59 Å². The zero-order valence-corrected chi connectivity index (χ0v) is 8.84. The first-order valence-electron chi connectivity index (χ1n) is 4.71. The second kappa shape index (κ2) is 5.27. The van der Waals surface area contributed by atoms with E-state index in [2.05, 4.69) is 4.74 Å².